The molecule has 2 fully saturated rings. The van der Waals surface area contributed by atoms with E-state index in [1.54, 1.807) is 18.0 Å². The lowest BCUT2D eigenvalue weighted by molar-refractivity contribution is -0.139. The molecule has 0 aliphatic carbocycles. The lowest BCUT2D eigenvalue weighted by atomic mass is 9.90. The number of piperazine rings is 1. The van der Waals surface area contributed by atoms with Gasteiger partial charge < -0.3 is 15.1 Å². The predicted octanol–water partition coefficient (Wildman–Crippen LogP) is 2.35. The maximum absolute atomic E-state index is 13.3. The second kappa shape index (κ2) is 8.20. The van der Waals surface area contributed by atoms with Gasteiger partial charge in [0.1, 0.15) is 17.9 Å². The van der Waals surface area contributed by atoms with E-state index >= 15 is 0 Å². The molecule has 2 saturated heterocycles. The second-order valence-corrected chi connectivity index (χ2v) is 8.56. The zero-order valence-corrected chi connectivity index (χ0v) is 18.4. The molecule has 33 heavy (non-hydrogen) atoms. The summed E-state index contributed by atoms with van der Waals surface area (Å²) in [5, 5.41) is 4.84. The Labute approximate surface area is 191 Å². The van der Waals surface area contributed by atoms with E-state index in [4.69, 9.17) is 0 Å². The van der Waals surface area contributed by atoms with E-state index in [0.29, 0.717) is 31.7 Å². The number of rotatable bonds is 4. The number of imide groups is 1. The van der Waals surface area contributed by atoms with Crippen LogP contribution in [0.1, 0.15) is 12.5 Å². The van der Waals surface area contributed by atoms with Gasteiger partial charge in [0.15, 0.2) is 0 Å². The molecule has 1 aromatic heterocycles. The van der Waals surface area contributed by atoms with Crippen molar-refractivity contribution in [3.05, 3.63) is 72.4 Å². The molecule has 5 rings (SSSR count). The molecule has 1 N–H and O–H groups in total. The molecule has 0 radical (unpaired) electrons. The predicted molar refractivity (Wildman–Crippen MR) is 125 cm³/mol. The molecular weight excluding hydrogens is 418 g/mol. The maximum Gasteiger partial charge on any atom is 0.325 e. The van der Waals surface area contributed by atoms with Crippen LogP contribution in [0.2, 0.25) is 0 Å². The summed E-state index contributed by atoms with van der Waals surface area (Å²) in [4.78, 5) is 48.1. The Bertz CT molecular complexity index is 1220. The fourth-order valence-corrected chi connectivity index (χ4v) is 4.50. The largest absolute Gasteiger partial charge is 0.353 e. The molecule has 2 aromatic carbocycles. The van der Waals surface area contributed by atoms with Gasteiger partial charge in [0.25, 0.3) is 5.91 Å². The molecule has 8 heteroatoms. The lowest BCUT2D eigenvalue weighted by Gasteiger charge is -2.35. The van der Waals surface area contributed by atoms with Gasteiger partial charge in [-0.1, -0.05) is 42.5 Å². The fourth-order valence-electron chi connectivity index (χ4n) is 4.50. The maximum atomic E-state index is 13.3. The Hall–Kier alpha value is -3.94. The summed E-state index contributed by atoms with van der Waals surface area (Å²) in [5.41, 5.74) is -0.516. The standard InChI is InChI=1S/C25H25N5O3/c1-25(20-10-9-18-6-2-3-7-19(18)16-20)23(32)30(24(33)27-25)17-22(31)29-14-12-28(13-15-29)21-8-4-5-11-26-21/h2-11,16H,12-15,17H2,1H3,(H,27,33)/t25-/m1/s1. The number of pyridine rings is 1. The zero-order valence-electron chi connectivity index (χ0n) is 18.4. The number of anilines is 1. The number of carbonyl (C=O) groups is 3. The summed E-state index contributed by atoms with van der Waals surface area (Å²) in [6.45, 7) is 3.75. The number of hydrogen-bond donors (Lipinski definition) is 1. The molecule has 4 amide bonds. The number of amides is 4. The molecule has 2 aliphatic heterocycles. The Kier molecular flexibility index (Phi) is 5.20. The van der Waals surface area contributed by atoms with Crippen molar-refractivity contribution in [2.24, 2.45) is 0 Å². The minimum Gasteiger partial charge on any atom is -0.353 e. The van der Waals surface area contributed by atoms with E-state index in [9.17, 15) is 14.4 Å². The smallest absolute Gasteiger partial charge is 0.325 e. The molecule has 0 spiro atoms. The Morgan fingerprint density at radius 2 is 1.70 bits per heavy atom. The number of urea groups is 1. The third-order valence-electron chi connectivity index (χ3n) is 6.50. The normalized spacial score (nSPS) is 20.9. The van der Waals surface area contributed by atoms with Crippen molar-refractivity contribution in [1.82, 2.24) is 20.1 Å². The van der Waals surface area contributed by atoms with Crippen LogP contribution in [0.25, 0.3) is 10.8 Å². The molecule has 1 atom stereocenters. The van der Waals surface area contributed by atoms with Crippen LogP contribution >= 0.6 is 0 Å². The Morgan fingerprint density at radius 1 is 0.970 bits per heavy atom. The van der Waals surface area contributed by atoms with Gasteiger partial charge in [-0.15, -0.1) is 0 Å². The summed E-state index contributed by atoms with van der Waals surface area (Å²) in [7, 11) is 0. The third kappa shape index (κ3) is 3.77. The van der Waals surface area contributed by atoms with E-state index in [-0.39, 0.29) is 12.5 Å². The average Bonchev–Trinajstić information content (AvgIpc) is 3.08. The topological polar surface area (TPSA) is 85.8 Å². The van der Waals surface area contributed by atoms with Crippen LogP contribution < -0.4 is 10.2 Å². The summed E-state index contributed by atoms with van der Waals surface area (Å²) in [5.74, 6) is 0.232. The van der Waals surface area contributed by atoms with E-state index < -0.39 is 17.5 Å². The first-order chi connectivity index (χ1) is 16.0. The Balaban J connectivity index is 1.27. The summed E-state index contributed by atoms with van der Waals surface area (Å²) in [6.07, 6.45) is 1.75. The van der Waals surface area contributed by atoms with Crippen LogP contribution in [-0.2, 0) is 15.1 Å². The quantitative estimate of drug-likeness (QED) is 0.626. The molecule has 3 heterocycles. The highest BCUT2D eigenvalue weighted by Crippen LogP contribution is 2.31. The molecule has 8 nitrogen and oxygen atoms in total. The van der Waals surface area contributed by atoms with E-state index in [0.717, 1.165) is 21.5 Å². The molecule has 0 saturated carbocycles. The fraction of sp³-hybridized carbons (Fsp3) is 0.280. The highest BCUT2D eigenvalue weighted by Gasteiger charge is 2.49. The second-order valence-electron chi connectivity index (χ2n) is 8.56. The van der Waals surface area contributed by atoms with Gasteiger partial charge in [0.2, 0.25) is 5.91 Å². The van der Waals surface area contributed by atoms with Crippen LogP contribution in [-0.4, -0.2) is 65.4 Å². The minimum absolute atomic E-state index is 0.234. The lowest BCUT2D eigenvalue weighted by Crippen LogP contribution is -2.52. The number of carbonyl (C=O) groups excluding carboxylic acids is 3. The first-order valence-corrected chi connectivity index (χ1v) is 11.0. The number of aromatic nitrogens is 1. The van der Waals surface area contributed by atoms with E-state index in [1.807, 2.05) is 60.7 Å². The summed E-state index contributed by atoms with van der Waals surface area (Å²) < 4.78 is 0. The van der Waals surface area contributed by atoms with Crippen LogP contribution in [0.15, 0.2) is 66.9 Å². The minimum atomic E-state index is -1.21. The molecule has 168 valence electrons. The summed E-state index contributed by atoms with van der Waals surface area (Å²) in [6, 6.07) is 18.7. The molecule has 3 aromatic rings. The van der Waals surface area contributed by atoms with Gasteiger partial charge in [-0.2, -0.15) is 0 Å². The SMILES string of the molecule is C[C@]1(c2ccc3ccccc3c2)NC(=O)N(CC(=O)N2CCN(c3ccccn3)CC2)C1=O. The number of hydrogen-bond acceptors (Lipinski definition) is 5. The monoisotopic (exact) mass is 443 g/mol. The van der Waals surface area contributed by atoms with Crippen LogP contribution in [0.3, 0.4) is 0 Å². The number of fused-ring (bicyclic) bond motifs is 1. The van der Waals surface area contributed by atoms with Crippen molar-refractivity contribution in [2.75, 3.05) is 37.6 Å². The summed E-state index contributed by atoms with van der Waals surface area (Å²) >= 11 is 0. The van der Waals surface area contributed by atoms with Crippen LogP contribution in [0, 0.1) is 0 Å². The average molecular weight is 444 g/mol. The van der Waals surface area contributed by atoms with E-state index in [1.165, 1.54) is 0 Å². The van der Waals surface area contributed by atoms with Gasteiger partial charge in [-0.05, 0) is 41.5 Å². The zero-order chi connectivity index (χ0) is 23.0. The van der Waals surface area contributed by atoms with Gasteiger partial charge in [-0.3, -0.25) is 14.5 Å². The highest BCUT2D eigenvalue weighted by molar-refractivity contribution is 6.09. The van der Waals surface area contributed by atoms with Crippen LogP contribution in [0.4, 0.5) is 10.6 Å². The first-order valence-electron chi connectivity index (χ1n) is 11.0. The van der Waals surface area contributed by atoms with Crippen molar-refractivity contribution in [1.29, 1.82) is 0 Å². The number of nitrogens with one attached hydrogen (secondary N) is 1. The van der Waals surface area contributed by atoms with Crippen molar-refractivity contribution in [3.63, 3.8) is 0 Å². The molecule has 0 bridgehead atoms. The molecule has 0 unspecified atom stereocenters. The van der Waals surface area contributed by atoms with E-state index in [2.05, 4.69) is 15.2 Å². The van der Waals surface area contributed by atoms with Crippen molar-refractivity contribution in [2.45, 2.75) is 12.5 Å². The number of nitrogens with zero attached hydrogens (tertiary/aromatic N) is 4. The van der Waals surface area contributed by atoms with Crippen LogP contribution in [0.5, 0.6) is 0 Å². The van der Waals surface area contributed by atoms with Crippen molar-refractivity contribution < 1.29 is 14.4 Å². The molecule has 2 aliphatic rings. The van der Waals surface area contributed by atoms with Gasteiger partial charge >= 0.3 is 6.03 Å². The van der Waals surface area contributed by atoms with Crippen molar-refractivity contribution in [3.8, 4) is 0 Å². The first kappa shape index (κ1) is 20.9. The molecular formula is C25H25N5O3. The third-order valence-corrected chi connectivity index (χ3v) is 6.50. The highest BCUT2D eigenvalue weighted by atomic mass is 16.2. The van der Waals surface area contributed by atoms with Gasteiger partial charge in [0, 0.05) is 32.4 Å². The van der Waals surface area contributed by atoms with Gasteiger partial charge in [0.05, 0.1) is 0 Å². The Morgan fingerprint density at radius 3 is 2.42 bits per heavy atom. The van der Waals surface area contributed by atoms with Gasteiger partial charge in [-0.25, -0.2) is 9.78 Å². The number of benzene rings is 2. The van der Waals surface area contributed by atoms with Crippen molar-refractivity contribution >= 4 is 34.4 Å².